The molecule has 94 valence electrons. The Kier molecular flexibility index (Phi) is 3.34. The number of thioether (sulfide) groups is 1. The first-order chi connectivity index (χ1) is 8.85. The Labute approximate surface area is 111 Å². The SMILES string of the molecule is CSc1ccc(-n2cc(CNC3CC3)nn2)cc1. The first-order valence-corrected chi connectivity index (χ1v) is 7.36. The van der Waals surface area contributed by atoms with E-state index in [1.807, 2.05) is 10.9 Å². The minimum atomic E-state index is 0.705. The van der Waals surface area contributed by atoms with Crippen molar-refractivity contribution < 1.29 is 0 Å². The average molecular weight is 260 g/mol. The van der Waals surface area contributed by atoms with E-state index in [4.69, 9.17) is 0 Å². The van der Waals surface area contributed by atoms with E-state index in [9.17, 15) is 0 Å². The molecule has 3 rings (SSSR count). The van der Waals surface area contributed by atoms with Gasteiger partial charge in [-0.1, -0.05) is 5.21 Å². The highest BCUT2D eigenvalue weighted by Crippen LogP contribution is 2.19. The molecular weight excluding hydrogens is 244 g/mol. The van der Waals surface area contributed by atoms with Crippen LogP contribution in [0.4, 0.5) is 0 Å². The predicted octanol–water partition coefficient (Wildman–Crippen LogP) is 2.24. The van der Waals surface area contributed by atoms with Crippen molar-refractivity contribution in [3.63, 3.8) is 0 Å². The van der Waals surface area contributed by atoms with E-state index in [1.165, 1.54) is 17.7 Å². The summed E-state index contributed by atoms with van der Waals surface area (Å²) >= 11 is 1.74. The Morgan fingerprint density at radius 2 is 2.11 bits per heavy atom. The Morgan fingerprint density at radius 3 is 2.78 bits per heavy atom. The van der Waals surface area contributed by atoms with E-state index in [2.05, 4.69) is 46.2 Å². The summed E-state index contributed by atoms with van der Waals surface area (Å²) in [4.78, 5) is 1.26. The molecule has 0 bridgehead atoms. The second-order valence-electron chi connectivity index (χ2n) is 4.51. The van der Waals surface area contributed by atoms with Gasteiger partial charge in [0.25, 0.3) is 0 Å². The zero-order valence-corrected chi connectivity index (χ0v) is 11.2. The molecule has 1 aromatic carbocycles. The van der Waals surface area contributed by atoms with Gasteiger partial charge < -0.3 is 5.32 Å². The molecule has 1 N–H and O–H groups in total. The third-order valence-corrected chi connectivity index (χ3v) is 3.77. The molecule has 5 heteroatoms. The molecule has 0 radical (unpaired) electrons. The van der Waals surface area contributed by atoms with Gasteiger partial charge in [-0.05, 0) is 43.4 Å². The van der Waals surface area contributed by atoms with Gasteiger partial charge in [-0.25, -0.2) is 4.68 Å². The molecule has 1 fully saturated rings. The van der Waals surface area contributed by atoms with Gasteiger partial charge in [0.2, 0.25) is 0 Å². The maximum absolute atomic E-state index is 4.18. The topological polar surface area (TPSA) is 42.7 Å². The van der Waals surface area contributed by atoms with Crippen LogP contribution in [0, 0.1) is 0 Å². The molecule has 0 atom stereocenters. The van der Waals surface area contributed by atoms with Crippen LogP contribution < -0.4 is 5.32 Å². The number of hydrogen-bond acceptors (Lipinski definition) is 4. The number of nitrogens with zero attached hydrogens (tertiary/aromatic N) is 3. The van der Waals surface area contributed by atoms with Gasteiger partial charge in [-0.3, -0.25) is 0 Å². The molecule has 1 heterocycles. The van der Waals surface area contributed by atoms with E-state index in [1.54, 1.807) is 11.8 Å². The van der Waals surface area contributed by atoms with Gasteiger partial charge in [0, 0.05) is 17.5 Å². The zero-order valence-electron chi connectivity index (χ0n) is 10.3. The lowest BCUT2D eigenvalue weighted by Crippen LogP contribution is -2.15. The van der Waals surface area contributed by atoms with Crippen LogP contribution in [0.5, 0.6) is 0 Å². The smallest absolute Gasteiger partial charge is 0.0969 e. The molecule has 0 amide bonds. The van der Waals surface area contributed by atoms with E-state index >= 15 is 0 Å². The molecule has 1 saturated carbocycles. The van der Waals surface area contributed by atoms with Crippen molar-refractivity contribution in [2.24, 2.45) is 0 Å². The minimum absolute atomic E-state index is 0.705. The van der Waals surface area contributed by atoms with Crippen molar-refractivity contribution in [3.05, 3.63) is 36.2 Å². The van der Waals surface area contributed by atoms with Crippen LogP contribution in [0.3, 0.4) is 0 Å². The second kappa shape index (κ2) is 5.12. The van der Waals surface area contributed by atoms with E-state index < -0.39 is 0 Å². The quantitative estimate of drug-likeness (QED) is 0.837. The number of rotatable bonds is 5. The van der Waals surface area contributed by atoms with Crippen LogP contribution in [0.25, 0.3) is 5.69 Å². The molecule has 1 aliphatic rings. The Bertz CT molecular complexity index is 516. The van der Waals surface area contributed by atoms with Crippen molar-refractivity contribution in [3.8, 4) is 5.69 Å². The van der Waals surface area contributed by atoms with Crippen LogP contribution in [-0.2, 0) is 6.54 Å². The highest BCUT2D eigenvalue weighted by molar-refractivity contribution is 7.98. The van der Waals surface area contributed by atoms with E-state index in [0.717, 1.165) is 17.9 Å². The van der Waals surface area contributed by atoms with Crippen molar-refractivity contribution >= 4 is 11.8 Å². The predicted molar refractivity (Wildman–Crippen MR) is 73.0 cm³/mol. The summed E-state index contributed by atoms with van der Waals surface area (Å²) in [6, 6.07) is 9.04. The van der Waals surface area contributed by atoms with Crippen LogP contribution in [0.2, 0.25) is 0 Å². The van der Waals surface area contributed by atoms with Gasteiger partial charge in [0.15, 0.2) is 0 Å². The fourth-order valence-corrected chi connectivity index (χ4v) is 2.19. The number of benzene rings is 1. The Balaban J connectivity index is 1.70. The third kappa shape index (κ3) is 2.73. The van der Waals surface area contributed by atoms with E-state index in [-0.39, 0.29) is 0 Å². The first-order valence-electron chi connectivity index (χ1n) is 6.14. The second-order valence-corrected chi connectivity index (χ2v) is 5.39. The third-order valence-electron chi connectivity index (χ3n) is 3.03. The number of hydrogen-bond donors (Lipinski definition) is 1. The van der Waals surface area contributed by atoms with Crippen LogP contribution >= 0.6 is 11.8 Å². The van der Waals surface area contributed by atoms with Gasteiger partial charge in [-0.2, -0.15) is 0 Å². The Hall–Kier alpha value is -1.33. The van der Waals surface area contributed by atoms with Crippen molar-refractivity contribution in [1.82, 2.24) is 20.3 Å². The fourth-order valence-electron chi connectivity index (χ4n) is 1.78. The molecule has 0 saturated heterocycles. The van der Waals surface area contributed by atoms with Crippen LogP contribution in [-0.4, -0.2) is 27.3 Å². The largest absolute Gasteiger partial charge is 0.308 e. The van der Waals surface area contributed by atoms with Crippen molar-refractivity contribution in [1.29, 1.82) is 0 Å². The molecule has 2 aromatic rings. The molecule has 18 heavy (non-hydrogen) atoms. The summed E-state index contributed by atoms with van der Waals surface area (Å²) in [5.74, 6) is 0. The molecule has 1 aliphatic carbocycles. The summed E-state index contributed by atoms with van der Waals surface area (Å²) < 4.78 is 1.83. The monoisotopic (exact) mass is 260 g/mol. The van der Waals surface area contributed by atoms with E-state index in [0.29, 0.717) is 6.04 Å². The summed E-state index contributed by atoms with van der Waals surface area (Å²) in [5.41, 5.74) is 2.05. The van der Waals surface area contributed by atoms with Gasteiger partial charge in [0.1, 0.15) is 0 Å². The summed E-state index contributed by atoms with van der Waals surface area (Å²) in [6.07, 6.45) is 6.66. The Morgan fingerprint density at radius 1 is 1.33 bits per heavy atom. The van der Waals surface area contributed by atoms with Crippen molar-refractivity contribution in [2.75, 3.05) is 6.26 Å². The highest BCUT2D eigenvalue weighted by atomic mass is 32.2. The minimum Gasteiger partial charge on any atom is -0.308 e. The lowest BCUT2D eigenvalue weighted by molar-refractivity contribution is 0.671. The standard InChI is InChI=1S/C13H16N4S/c1-18-13-6-4-12(5-7-13)17-9-11(15-16-17)8-14-10-2-3-10/h4-7,9-10,14H,2-3,8H2,1H3. The molecule has 0 aliphatic heterocycles. The first kappa shape index (κ1) is 11.7. The van der Waals surface area contributed by atoms with Gasteiger partial charge >= 0.3 is 0 Å². The molecule has 0 unspecified atom stereocenters. The van der Waals surface area contributed by atoms with Crippen LogP contribution in [0.1, 0.15) is 18.5 Å². The molecule has 0 spiro atoms. The number of nitrogens with one attached hydrogen (secondary N) is 1. The fraction of sp³-hybridized carbons (Fsp3) is 0.385. The van der Waals surface area contributed by atoms with Gasteiger partial charge in [-0.15, -0.1) is 16.9 Å². The van der Waals surface area contributed by atoms with Gasteiger partial charge in [0.05, 0.1) is 17.6 Å². The molecular formula is C13H16N4S. The lowest BCUT2D eigenvalue weighted by Gasteiger charge is -2.01. The summed E-state index contributed by atoms with van der Waals surface area (Å²) in [7, 11) is 0. The summed E-state index contributed by atoms with van der Waals surface area (Å²) in [5, 5.41) is 11.8. The zero-order chi connectivity index (χ0) is 12.4. The number of aromatic nitrogens is 3. The normalized spacial score (nSPS) is 14.9. The molecule has 4 nitrogen and oxygen atoms in total. The maximum atomic E-state index is 4.18. The lowest BCUT2D eigenvalue weighted by atomic mass is 10.3. The highest BCUT2D eigenvalue weighted by Gasteiger charge is 2.20. The average Bonchev–Trinajstić information content (AvgIpc) is 3.14. The maximum Gasteiger partial charge on any atom is 0.0969 e. The summed E-state index contributed by atoms with van der Waals surface area (Å²) in [6.45, 7) is 0.813. The molecule has 1 aromatic heterocycles. The van der Waals surface area contributed by atoms with Crippen LogP contribution in [0.15, 0.2) is 35.4 Å². The van der Waals surface area contributed by atoms with Crippen molar-refractivity contribution in [2.45, 2.75) is 30.3 Å².